The van der Waals surface area contributed by atoms with Crippen molar-refractivity contribution in [3.05, 3.63) is 30.0 Å². The van der Waals surface area contributed by atoms with Gasteiger partial charge in [-0.15, -0.1) is 0 Å². The lowest BCUT2D eigenvalue weighted by molar-refractivity contribution is -0.119. The molecule has 1 atom stereocenters. The number of thioether (sulfide) groups is 1. The summed E-state index contributed by atoms with van der Waals surface area (Å²) >= 11 is 1.40. The highest BCUT2D eigenvalue weighted by Gasteiger charge is 2.10. The van der Waals surface area contributed by atoms with Gasteiger partial charge in [0.2, 0.25) is 5.91 Å². The molecule has 0 aliphatic rings. The van der Waals surface area contributed by atoms with Gasteiger partial charge >= 0.3 is 0 Å². The van der Waals surface area contributed by atoms with Crippen molar-refractivity contribution >= 4 is 28.7 Å². The van der Waals surface area contributed by atoms with Crippen LogP contribution in [0.2, 0.25) is 0 Å². The van der Waals surface area contributed by atoms with E-state index in [1.807, 2.05) is 38.1 Å². The summed E-state index contributed by atoms with van der Waals surface area (Å²) in [5.74, 6) is 0.293. The highest BCUT2D eigenvalue weighted by atomic mass is 32.2. The van der Waals surface area contributed by atoms with E-state index in [0.717, 1.165) is 21.8 Å². The second-order valence-electron chi connectivity index (χ2n) is 4.82. The summed E-state index contributed by atoms with van der Waals surface area (Å²) in [5.41, 5.74) is 2.56. The molecule has 0 radical (unpaired) electrons. The van der Waals surface area contributed by atoms with Gasteiger partial charge in [0, 0.05) is 13.2 Å². The molecule has 5 nitrogen and oxygen atoms in total. The second-order valence-corrected chi connectivity index (χ2v) is 5.78. The summed E-state index contributed by atoms with van der Waals surface area (Å²) in [6.45, 7) is 4.32. The zero-order chi connectivity index (χ0) is 15.2. The Bertz CT molecular complexity index is 633. The van der Waals surface area contributed by atoms with E-state index in [1.54, 1.807) is 7.11 Å². The number of para-hydroxylation sites is 2. The zero-order valence-corrected chi connectivity index (χ0v) is 13.2. The third kappa shape index (κ3) is 4.41. The van der Waals surface area contributed by atoms with Crippen molar-refractivity contribution in [1.29, 1.82) is 0 Å². The second kappa shape index (κ2) is 7.38. The van der Waals surface area contributed by atoms with Gasteiger partial charge in [0.25, 0.3) is 0 Å². The number of methoxy groups -OCH3 is 1. The zero-order valence-electron chi connectivity index (χ0n) is 12.4. The minimum Gasteiger partial charge on any atom is -0.383 e. The molecule has 0 saturated carbocycles. The van der Waals surface area contributed by atoms with E-state index in [1.165, 1.54) is 11.8 Å². The van der Waals surface area contributed by atoms with E-state index in [9.17, 15) is 4.79 Å². The average Bonchev–Trinajstić information content (AvgIpc) is 2.45. The summed E-state index contributed by atoms with van der Waals surface area (Å²) in [4.78, 5) is 20.9. The molecular weight excluding hydrogens is 286 g/mol. The number of nitrogens with one attached hydrogen (secondary N) is 1. The minimum absolute atomic E-state index is 0.00637. The third-order valence-electron chi connectivity index (χ3n) is 2.87. The molecule has 1 heterocycles. The van der Waals surface area contributed by atoms with Crippen LogP contribution in [-0.2, 0) is 9.53 Å². The highest BCUT2D eigenvalue weighted by Crippen LogP contribution is 2.21. The van der Waals surface area contributed by atoms with Gasteiger partial charge in [-0.25, -0.2) is 9.97 Å². The molecule has 1 aromatic heterocycles. The van der Waals surface area contributed by atoms with Crippen molar-refractivity contribution in [3.63, 3.8) is 0 Å². The number of hydrogen-bond acceptors (Lipinski definition) is 5. The van der Waals surface area contributed by atoms with Gasteiger partial charge in [-0.3, -0.25) is 4.79 Å². The molecule has 21 heavy (non-hydrogen) atoms. The van der Waals surface area contributed by atoms with Gasteiger partial charge in [0.1, 0.15) is 5.03 Å². The lowest BCUT2D eigenvalue weighted by atomic mass is 10.3. The van der Waals surface area contributed by atoms with E-state index in [-0.39, 0.29) is 11.9 Å². The predicted octanol–water partition coefficient (Wildman–Crippen LogP) is 2.18. The van der Waals surface area contributed by atoms with Crippen LogP contribution in [0.1, 0.15) is 12.6 Å². The van der Waals surface area contributed by atoms with Crippen molar-refractivity contribution in [2.75, 3.05) is 19.5 Å². The Morgan fingerprint density at radius 3 is 2.67 bits per heavy atom. The van der Waals surface area contributed by atoms with Crippen LogP contribution in [0, 0.1) is 6.92 Å². The van der Waals surface area contributed by atoms with Gasteiger partial charge in [-0.1, -0.05) is 23.9 Å². The maximum atomic E-state index is 11.8. The molecule has 2 aromatic rings. The number of carbonyl (C=O) groups is 1. The number of carbonyl (C=O) groups excluding carboxylic acids is 1. The summed E-state index contributed by atoms with van der Waals surface area (Å²) in [6.07, 6.45) is 0. The molecule has 0 spiro atoms. The topological polar surface area (TPSA) is 64.1 Å². The fraction of sp³-hybridized carbons (Fsp3) is 0.400. The van der Waals surface area contributed by atoms with Crippen molar-refractivity contribution < 1.29 is 9.53 Å². The van der Waals surface area contributed by atoms with Crippen LogP contribution in [0.5, 0.6) is 0 Å². The molecule has 0 aliphatic heterocycles. The maximum absolute atomic E-state index is 11.8. The van der Waals surface area contributed by atoms with Crippen LogP contribution < -0.4 is 5.32 Å². The summed E-state index contributed by atoms with van der Waals surface area (Å²) in [5, 5.41) is 3.67. The van der Waals surface area contributed by atoms with E-state index >= 15 is 0 Å². The Balaban J connectivity index is 2.00. The van der Waals surface area contributed by atoms with Crippen LogP contribution in [-0.4, -0.2) is 41.4 Å². The fourth-order valence-corrected chi connectivity index (χ4v) is 2.72. The molecule has 0 bridgehead atoms. The first-order valence-electron chi connectivity index (χ1n) is 6.74. The third-order valence-corrected chi connectivity index (χ3v) is 3.93. The summed E-state index contributed by atoms with van der Waals surface area (Å²) in [6, 6.07) is 7.73. The van der Waals surface area contributed by atoms with Gasteiger partial charge in [-0.2, -0.15) is 0 Å². The molecule has 2 rings (SSSR count). The molecule has 0 saturated heterocycles. The average molecular weight is 305 g/mol. The Kier molecular flexibility index (Phi) is 5.52. The minimum atomic E-state index is -0.0288. The highest BCUT2D eigenvalue weighted by molar-refractivity contribution is 7.99. The van der Waals surface area contributed by atoms with Crippen LogP contribution in [0.3, 0.4) is 0 Å². The van der Waals surface area contributed by atoms with E-state index < -0.39 is 0 Å². The quantitative estimate of drug-likeness (QED) is 0.829. The van der Waals surface area contributed by atoms with Crippen LogP contribution in [0.4, 0.5) is 0 Å². The number of amides is 1. The molecule has 1 N–H and O–H groups in total. The largest absolute Gasteiger partial charge is 0.383 e. The molecule has 1 amide bonds. The van der Waals surface area contributed by atoms with Gasteiger partial charge < -0.3 is 10.1 Å². The van der Waals surface area contributed by atoms with Gasteiger partial charge in [-0.05, 0) is 26.0 Å². The van der Waals surface area contributed by atoms with Crippen LogP contribution >= 0.6 is 11.8 Å². The number of aromatic nitrogens is 2. The molecule has 0 aliphatic carbocycles. The molecule has 112 valence electrons. The maximum Gasteiger partial charge on any atom is 0.230 e. The first kappa shape index (κ1) is 15.7. The number of benzene rings is 1. The number of fused-ring (bicyclic) bond motifs is 1. The molecule has 1 aromatic carbocycles. The van der Waals surface area contributed by atoms with E-state index in [0.29, 0.717) is 12.4 Å². The Morgan fingerprint density at radius 2 is 2.00 bits per heavy atom. The monoisotopic (exact) mass is 305 g/mol. The van der Waals surface area contributed by atoms with Crippen molar-refractivity contribution in [2.45, 2.75) is 24.9 Å². The van der Waals surface area contributed by atoms with Crippen molar-refractivity contribution in [1.82, 2.24) is 15.3 Å². The first-order chi connectivity index (χ1) is 10.1. The number of rotatable bonds is 6. The summed E-state index contributed by atoms with van der Waals surface area (Å²) < 4.78 is 4.99. The SMILES string of the molecule is COC[C@H](C)NC(=O)CSc1nc2ccccc2nc1C. The Hall–Kier alpha value is -1.66. The number of ether oxygens (including phenoxy) is 1. The van der Waals surface area contributed by atoms with Crippen molar-refractivity contribution in [3.8, 4) is 0 Å². The van der Waals surface area contributed by atoms with Gasteiger partial charge in [0.05, 0.1) is 29.1 Å². The smallest absolute Gasteiger partial charge is 0.230 e. The number of aryl methyl sites for hydroxylation is 1. The lowest BCUT2D eigenvalue weighted by Crippen LogP contribution is -2.36. The van der Waals surface area contributed by atoms with E-state index in [2.05, 4.69) is 15.3 Å². The Morgan fingerprint density at radius 1 is 1.33 bits per heavy atom. The van der Waals surface area contributed by atoms with Crippen molar-refractivity contribution in [2.24, 2.45) is 0 Å². The Labute approximate surface area is 128 Å². The number of nitrogens with zero attached hydrogens (tertiary/aromatic N) is 2. The van der Waals surface area contributed by atoms with Crippen LogP contribution in [0.15, 0.2) is 29.3 Å². The predicted molar refractivity (Wildman–Crippen MR) is 84.5 cm³/mol. The standard InChI is InChI=1S/C15H19N3O2S/c1-10(8-20-3)16-14(19)9-21-15-11(2)17-12-6-4-5-7-13(12)18-15/h4-7,10H,8-9H2,1-3H3,(H,16,19)/t10-/m0/s1. The summed E-state index contributed by atoms with van der Waals surface area (Å²) in [7, 11) is 1.62. The molecule has 6 heteroatoms. The van der Waals surface area contributed by atoms with Crippen LogP contribution in [0.25, 0.3) is 11.0 Å². The van der Waals surface area contributed by atoms with E-state index in [4.69, 9.17) is 4.74 Å². The number of hydrogen-bond donors (Lipinski definition) is 1. The van der Waals surface area contributed by atoms with Gasteiger partial charge in [0.15, 0.2) is 0 Å². The normalized spacial score (nSPS) is 12.3. The lowest BCUT2D eigenvalue weighted by Gasteiger charge is -2.12. The molecule has 0 fully saturated rings. The first-order valence-corrected chi connectivity index (χ1v) is 7.73. The molecule has 0 unspecified atom stereocenters. The fourth-order valence-electron chi connectivity index (χ4n) is 1.95. The molecular formula is C15H19N3O2S.